The first kappa shape index (κ1) is 15.4. The molecule has 1 N–H and O–H groups in total. The van der Waals surface area contributed by atoms with Gasteiger partial charge in [-0.25, -0.2) is 4.79 Å². The van der Waals surface area contributed by atoms with Crippen LogP contribution in [0.4, 0.5) is 5.69 Å². The molecule has 0 atom stereocenters. The number of carbonyl (C=O) groups excluding carboxylic acids is 1. The zero-order valence-corrected chi connectivity index (χ0v) is 12.8. The van der Waals surface area contributed by atoms with Crippen molar-refractivity contribution in [1.82, 2.24) is 0 Å². The minimum absolute atomic E-state index is 0.320. The van der Waals surface area contributed by atoms with Crippen LogP contribution in [0.3, 0.4) is 0 Å². The normalized spacial score (nSPS) is 10.6. The van der Waals surface area contributed by atoms with Gasteiger partial charge in [0.05, 0.1) is 17.7 Å². The van der Waals surface area contributed by atoms with Crippen molar-refractivity contribution < 1.29 is 9.53 Å². The molecule has 0 aliphatic carbocycles. The lowest BCUT2D eigenvalue weighted by Gasteiger charge is -2.07. The zero-order valence-electron chi connectivity index (χ0n) is 11.3. The van der Waals surface area contributed by atoms with E-state index in [0.29, 0.717) is 21.2 Å². The number of nitrogens with one attached hydrogen (secondary N) is 1. The van der Waals surface area contributed by atoms with Crippen molar-refractivity contribution in [3.8, 4) is 0 Å². The monoisotopic (exact) mass is 321 g/mol. The zero-order chi connectivity index (χ0) is 15.2. The number of carbonyl (C=O) groups is 1. The smallest absolute Gasteiger partial charge is 0.338 e. The summed E-state index contributed by atoms with van der Waals surface area (Å²) in [5.41, 5.74) is 1.80. The highest BCUT2D eigenvalue weighted by atomic mass is 35.5. The molecular weight excluding hydrogens is 309 g/mol. The maximum atomic E-state index is 11.8. The molecule has 2 rings (SSSR count). The van der Waals surface area contributed by atoms with Gasteiger partial charge in [-0.3, -0.25) is 0 Å². The van der Waals surface area contributed by atoms with Crippen LogP contribution in [0.1, 0.15) is 15.9 Å². The lowest BCUT2D eigenvalue weighted by molar-refractivity contribution is 0.0600. The molecule has 0 fully saturated rings. The van der Waals surface area contributed by atoms with Crippen LogP contribution in [0.2, 0.25) is 10.0 Å². The number of methoxy groups -OCH3 is 1. The van der Waals surface area contributed by atoms with E-state index >= 15 is 0 Å². The van der Waals surface area contributed by atoms with Gasteiger partial charge in [-0.1, -0.05) is 41.4 Å². The summed E-state index contributed by atoms with van der Waals surface area (Å²) < 4.78 is 4.74. The van der Waals surface area contributed by atoms with Gasteiger partial charge in [-0.2, -0.15) is 0 Å². The third-order valence-electron chi connectivity index (χ3n) is 2.77. The van der Waals surface area contributed by atoms with Crippen LogP contribution in [0.5, 0.6) is 0 Å². The Balaban J connectivity index is 2.28. The minimum Gasteiger partial charge on any atom is -0.465 e. The number of anilines is 1. The van der Waals surface area contributed by atoms with Crippen molar-refractivity contribution in [2.75, 3.05) is 12.4 Å². The van der Waals surface area contributed by atoms with E-state index in [1.165, 1.54) is 13.2 Å². The number of hydrogen-bond acceptors (Lipinski definition) is 3. The van der Waals surface area contributed by atoms with Gasteiger partial charge in [0.25, 0.3) is 0 Å². The van der Waals surface area contributed by atoms with Gasteiger partial charge in [-0.15, -0.1) is 0 Å². The second-order valence-corrected chi connectivity index (χ2v) is 5.03. The second kappa shape index (κ2) is 7.16. The quantitative estimate of drug-likeness (QED) is 0.817. The fourth-order valence-electron chi connectivity index (χ4n) is 1.79. The third kappa shape index (κ3) is 4.00. The lowest BCUT2D eigenvalue weighted by Crippen LogP contribution is -2.04. The molecule has 0 aliphatic rings. The van der Waals surface area contributed by atoms with Crippen LogP contribution >= 0.6 is 23.2 Å². The molecule has 0 heterocycles. The Hall–Kier alpha value is -1.97. The molecule has 3 nitrogen and oxygen atoms in total. The maximum absolute atomic E-state index is 11.8. The third-order valence-corrected chi connectivity index (χ3v) is 3.30. The van der Waals surface area contributed by atoms with Crippen LogP contribution < -0.4 is 5.32 Å². The average molecular weight is 322 g/mol. The fourth-order valence-corrected chi connectivity index (χ4v) is 2.35. The summed E-state index contributed by atoms with van der Waals surface area (Å²) in [7, 11) is 1.31. The van der Waals surface area contributed by atoms with Gasteiger partial charge in [-0.05, 0) is 30.3 Å². The van der Waals surface area contributed by atoms with Crippen molar-refractivity contribution in [2.24, 2.45) is 0 Å². The standard InChI is InChI=1S/C16H13Cl2NO2/c1-21-16(20)14-9-11(17)10-15(18)13(14)7-8-19-12-5-3-2-4-6-12/h2-10,19H,1H3. The Labute approximate surface area is 133 Å². The van der Waals surface area contributed by atoms with E-state index in [0.717, 1.165) is 5.69 Å². The predicted octanol–water partition coefficient (Wildman–Crippen LogP) is 4.86. The highest BCUT2D eigenvalue weighted by Gasteiger charge is 2.14. The summed E-state index contributed by atoms with van der Waals surface area (Å²) in [5.74, 6) is -0.487. The summed E-state index contributed by atoms with van der Waals surface area (Å²) in [6.45, 7) is 0. The molecule has 2 aromatic rings. The van der Waals surface area contributed by atoms with E-state index in [1.54, 1.807) is 18.3 Å². The molecule has 5 heteroatoms. The molecule has 2 aromatic carbocycles. The Morgan fingerprint density at radius 3 is 2.57 bits per heavy atom. The molecule has 108 valence electrons. The molecule has 0 saturated carbocycles. The molecule has 0 aliphatic heterocycles. The highest BCUT2D eigenvalue weighted by Crippen LogP contribution is 2.27. The van der Waals surface area contributed by atoms with Gasteiger partial charge in [0, 0.05) is 22.5 Å². The Morgan fingerprint density at radius 2 is 1.90 bits per heavy atom. The number of rotatable bonds is 4. The Morgan fingerprint density at radius 1 is 1.19 bits per heavy atom. The molecule has 0 amide bonds. The summed E-state index contributed by atoms with van der Waals surface area (Å²) >= 11 is 12.1. The van der Waals surface area contributed by atoms with Gasteiger partial charge in [0.2, 0.25) is 0 Å². The van der Waals surface area contributed by atoms with E-state index in [-0.39, 0.29) is 0 Å². The maximum Gasteiger partial charge on any atom is 0.338 e. The van der Waals surface area contributed by atoms with Crippen molar-refractivity contribution in [3.63, 3.8) is 0 Å². The molecule has 0 spiro atoms. The highest BCUT2D eigenvalue weighted by molar-refractivity contribution is 6.36. The SMILES string of the molecule is COC(=O)c1cc(Cl)cc(Cl)c1C=CNc1ccccc1. The largest absolute Gasteiger partial charge is 0.465 e. The summed E-state index contributed by atoms with van der Waals surface area (Å²) in [4.78, 5) is 11.8. The fraction of sp³-hybridized carbons (Fsp3) is 0.0625. The summed E-state index contributed by atoms with van der Waals surface area (Å²) in [6.07, 6.45) is 3.41. The first-order valence-corrected chi connectivity index (χ1v) is 6.93. The number of esters is 1. The summed E-state index contributed by atoms with van der Waals surface area (Å²) in [6, 6.07) is 12.7. The topological polar surface area (TPSA) is 38.3 Å². The second-order valence-electron chi connectivity index (χ2n) is 4.18. The van der Waals surface area contributed by atoms with E-state index in [2.05, 4.69) is 5.32 Å². The first-order chi connectivity index (χ1) is 10.1. The number of hydrogen-bond donors (Lipinski definition) is 1. The molecule has 0 saturated heterocycles. The number of ether oxygens (including phenoxy) is 1. The Bertz CT molecular complexity index is 669. The van der Waals surface area contributed by atoms with Crippen molar-refractivity contribution >= 4 is 40.9 Å². The van der Waals surface area contributed by atoms with Crippen LogP contribution in [-0.2, 0) is 4.74 Å². The number of para-hydroxylation sites is 1. The van der Waals surface area contributed by atoms with Crippen molar-refractivity contribution in [1.29, 1.82) is 0 Å². The number of halogens is 2. The van der Waals surface area contributed by atoms with Crippen LogP contribution in [0.15, 0.2) is 48.7 Å². The van der Waals surface area contributed by atoms with Gasteiger partial charge in [0.15, 0.2) is 0 Å². The van der Waals surface area contributed by atoms with Crippen LogP contribution in [0.25, 0.3) is 6.08 Å². The average Bonchev–Trinajstić information content (AvgIpc) is 2.49. The first-order valence-electron chi connectivity index (χ1n) is 6.17. The van der Waals surface area contributed by atoms with E-state index in [1.807, 2.05) is 30.3 Å². The van der Waals surface area contributed by atoms with Crippen molar-refractivity contribution in [2.45, 2.75) is 0 Å². The number of benzene rings is 2. The van der Waals surface area contributed by atoms with E-state index < -0.39 is 5.97 Å². The molecular formula is C16H13Cl2NO2. The predicted molar refractivity (Wildman–Crippen MR) is 86.9 cm³/mol. The van der Waals surface area contributed by atoms with E-state index in [4.69, 9.17) is 27.9 Å². The van der Waals surface area contributed by atoms with Gasteiger partial charge >= 0.3 is 5.97 Å². The summed E-state index contributed by atoms with van der Waals surface area (Å²) in [5, 5.41) is 3.86. The molecule has 0 bridgehead atoms. The van der Waals surface area contributed by atoms with Crippen molar-refractivity contribution in [3.05, 3.63) is 69.8 Å². The van der Waals surface area contributed by atoms with Crippen LogP contribution in [0, 0.1) is 0 Å². The minimum atomic E-state index is -0.487. The Kier molecular flexibility index (Phi) is 5.26. The van der Waals surface area contributed by atoms with E-state index in [9.17, 15) is 4.79 Å². The van der Waals surface area contributed by atoms with Crippen LogP contribution in [-0.4, -0.2) is 13.1 Å². The van der Waals surface area contributed by atoms with Gasteiger partial charge in [0.1, 0.15) is 0 Å². The molecule has 0 unspecified atom stereocenters. The lowest BCUT2D eigenvalue weighted by atomic mass is 10.1. The molecule has 21 heavy (non-hydrogen) atoms. The molecule has 0 aromatic heterocycles. The molecule has 0 radical (unpaired) electrons. The van der Waals surface area contributed by atoms with Gasteiger partial charge < -0.3 is 10.1 Å².